The third kappa shape index (κ3) is 5.09. The predicted molar refractivity (Wildman–Crippen MR) is 138 cm³/mol. The maximum absolute atomic E-state index is 13.1. The average molecular weight is 551 g/mol. The number of imide groups is 1. The summed E-state index contributed by atoms with van der Waals surface area (Å²) in [5.74, 6) is -1.25. The van der Waals surface area contributed by atoms with Crippen LogP contribution in [0.1, 0.15) is 10.4 Å². The molecule has 3 aromatic carbocycles. The van der Waals surface area contributed by atoms with Crippen LogP contribution in [-0.4, -0.2) is 24.8 Å². The van der Waals surface area contributed by atoms with Gasteiger partial charge in [0.25, 0.3) is 17.7 Å². The van der Waals surface area contributed by atoms with Crippen LogP contribution in [0.15, 0.2) is 71.4 Å². The molecular weight excluding hydrogens is 536 g/mol. The second-order valence-electron chi connectivity index (χ2n) is 7.24. The molecule has 0 fully saturated rings. The van der Waals surface area contributed by atoms with Crippen molar-refractivity contribution in [3.8, 4) is 5.75 Å². The highest BCUT2D eigenvalue weighted by Crippen LogP contribution is 2.38. The molecule has 0 saturated heterocycles. The molecule has 3 amide bonds. The number of nitrogens with zero attached hydrogens (tertiary/aromatic N) is 1. The first-order chi connectivity index (χ1) is 16.7. The van der Waals surface area contributed by atoms with Gasteiger partial charge in [-0.1, -0.05) is 52.5 Å². The molecule has 1 aliphatic rings. The van der Waals surface area contributed by atoms with Gasteiger partial charge in [-0.05, 0) is 54.6 Å². The van der Waals surface area contributed by atoms with Crippen LogP contribution in [0.2, 0.25) is 15.1 Å². The van der Waals surface area contributed by atoms with E-state index >= 15 is 0 Å². The highest BCUT2D eigenvalue weighted by atomic mass is 35.5. The van der Waals surface area contributed by atoms with Crippen LogP contribution in [-0.2, 0) is 9.59 Å². The van der Waals surface area contributed by atoms with Crippen LogP contribution in [0.4, 0.5) is 17.1 Å². The number of nitrogens with one attached hydrogen (secondary N) is 2. The van der Waals surface area contributed by atoms with E-state index in [4.69, 9.17) is 51.1 Å². The third-order valence-corrected chi connectivity index (χ3v) is 6.38. The Balaban J connectivity index is 1.54. The molecule has 3 aromatic rings. The average Bonchev–Trinajstić information content (AvgIpc) is 3.05. The molecule has 0 unspecified atom stereocenters. The lowest BCUT2D eigenvalue weighted by Gasteiger charge is -2.17. The smallest absolute Gasteiger partial charge is 0.283 e. The summed E-state index contributed by atoms with van der Waals surface area (Å²) in [6.07, 6.45) is 0. The summed E-state index contributed by atoms with van der Waals surface area (Å²) in [5.41, 5.74) is 1.11. The normalized spacial score (nSPS) is 13.3. The highest BCUT2D eigenvalue weighted by Gasteiger charge is 2.40. The van der Waals surface area contributed by atoms with Gasteiger partial charge in [0.2, 0.25) is 0 Å². The minimum atomic E-state index is -0.784. The predicted octanol–water partition coefficient (Wildman–Crippen LogP) is 6.34. The lowest BCUT2D eigenvalue weighted by molar-refractivity contribution is -0.120. The Labute approximate surface area is 220 Å². The van der Waals surface area contributed by atoms with Crippen LogP contribution >= 0.6 is 46.4 Å². The highest BCUT2D eigenvalue weighted by molar-refractivity contribution is 6.54. The maximum atomic E-state index is 13.1. The molecule has 2 N–H and O–H groups in total. The lowest BCUT2D eigenvalue weighted by atomic mass is 10.1. The Hall–Kier alpha value is -3.23. The minimum Gasteiger partial charge on any atom is -0.497 e. The number of benzene rings is 3. The summed E-state index contributed by atoms with van der Waals surface area (Å²) in [6, 6.07) is 15.8. The largest absolute Gasteiger partial charge is 0.497 e. The fourth-order valence-electron chi connectivity index (χ4n) is 3.27. The Morgan fingerprint density at radius 3 is 2.20 bits per heavy atom. The van der Waals surface area contributed by atoms with Gasteiger partial charge in [0.15, 0.2) is 0 Å². The molecule has 0 bridgehead atoms. The van der Waals surface area contributed by atoms with Gasteiger partial charge in [-0.15, -0.1) is 0 Å². The summed E-state index contributed by atoms with van der Waals surface area (Å²) >= 11 is 24.4. The molecule has 0 atom stereocenters. The Morgan fingerprint density at radius 2 is 1.51 bits per heavy atom. The van der Waals surface area contributed by atoms with E-state index < -0.39 is 11.8 Å². The van der Waals surface area contributed by atoms with Gasteiger partial charge in [0.05, 0.1) is 27.9 Å². The Morgan fingerprint density at radius 1 is 0.829 bits per heavy atom. The van der Waals surface area contributed by atoms with Gasteiger partial charge in [0.1, 0.15) is 16.5 Å². The zero-order valence-corrected chi connectivity index (χ0v) is 20.9. The molecule has 0 aliphatic carbocycles. The van der Waals surface area contributed by atoms with Gasteiger partial charge in [-0.25, -0.2) is 4.90 Å². The fraction of sp³-hybridized carbons (Fsp3) is 0.0417. The van der Waals surface area contributed by atoms with Crippen LogP contribution < -0.4 is 20.3 Å². The van der Waals surface area contributed by atoms with E-state index in [1.165, 1.54) is 18.2 Å². The first kappa shape index (κ1) is 24.9. The molecule has 35 heavy (non-hydrogen) atoms. The summed E-state index contributed by atoms with van der Waals surface area (Å²) in [7, 11) is 1.55. The van der Waals surface area contributed by atoms with Crippen molar-refractivity contribution < 1.29 is 19.1 Å². The standard InChI is InChI=1S/C24H15Cl4N3O4/c1-35-15-7-5-13(6-8-15)30-22(32)12-3-2-4-14(9-12)29-21-20(28)23(33)31(24(21)34)19-11-17(26)16(25)10-18(19)27/h2-11,29H,1H3,(H,30,32). The molecule has 0 radical (unpaired) electrons. The molecular formula is C24H15Cl4N3O4. The molecule has 7 nitrogen and oxygen atoms in total. The first-order valence-corrected chi connectivity index (χ1v) is 11.5. The molecule has 0 spiro atoms. The number of rotatable bonds is 6. The quantitative estimate of drug-likeness (QED) is 0.276. The number of carbonyl (C=O) groups is 3. The van der Waals surface area contributed by atoms with Crippen LogP contribution in [0.5, 0.6) is 5.75 Å². The number of ether oxygens (including phenoxy) is 1. The lowest BCUT2D eigenvalue weighted by Crippen LogP contribution is -2.32. The topological polar surface area (TPSA) is 87.7 Å². The van der Waals surface area contributed by atoms with Crippen molar-refractivity contribution >= 4 is 81.2 Å². The molecule has 1 aliphatic heterocycles. The van der Waals surface area contributed by atoms with E-state index in [0.717, 1.165) is 4.90 Å². The third-order valence-electron chi connectivity index (χ3n) is 5.00. The second-order valence-corrected chi connectivity index (χ2v) is 8.84. The number of halogens is 4. The number of methoxy groups -OCH3 is 1. The zero-order valence-electron chi connectivity index (χ0n) is 17.9. The number of anilines is 3. The van der Waals surface area contributed by atoms with Crippen molar-refractivity contribution in [1.29, 1.82) is 0 Å². The van der Waals surface area contributed by atoms with Crippen molar-refractivity contribution in [2.45, 2.75) is 0 Å². The molecule has 4 rings (SSSR count). The van der Waals surface area contributed by atoms with E-state index in [-0.39, 0.29) is 37.4 Å². The first-order valence-electron chi connectivity index (χ1n) is 9.95. The number of carbonyl (C=O) groups excluding carboxylic acids is 3. The van der Waals surface area contributed by atoms with E-state index in [1.54, 1.807) is 49.6 Å². The number of amides is 3. The van der Waals surface area contributed by atoms with Gasteiger partial charge in [0, 0.05) is 16.9 Å². The van der Waals surface area contributed by atoms with E-state index in [1.807, 2.05) is 0 Å². The van der Waals surface area contributed by atoms with Gasteiger partial charge in [-0.2, -0.15) is 0 Å². The monoisotopic (exact) mass is 549 g/mol. The van der Waals surface area contributed by atoms with Crippen molar-refractivity contribution in [2.75, 3.05) is 22.6 Å². The summed E-state index contributed by atoms with van der Waals surface area (Å²) in [4.78, 5) is 39.3. The molecule has 178 valence electrons. The summed E-state index contributed by atoms with van der Waals surface area (Å²) in [5, 5.41) is 5.58. The second kappa shape index (κ2) is 10.2. The summed E-state index contributed by atoms with van der Waals surface area (Å²) < 4.78 is 5.11. The maximum Gasteiger partial charge on any atom is 0.283 e. The molecule has 1 heterocycles. The van der Waals surface area contributed by atoms with Gasteiger partial charge in [-0.3, -0.25) is 14.4 Å². The fourth-order valence-corrected chi connectivity index (χ4v) is 4.11. The Bertz CT molecular complexity index is 1390. The van der Waals surface area contributed by atoms with E-state index in [9.17, 15) is 14.4 Å². The van der Waals surface area contributed by atoms with Crippen LogP contribution in [0, 0.1) is 0 Å². The molecule has 0 saturated carbocycles. The van der Waals surface area contributed by atoms with Gasteiger partial charge < -0.3 is 15.4 Å². The van der Waals surface area contributed by atoms with Crippen LogP contribution in [0.25, 0.3) is 0 Å². The minimum absolute atomic E-state index is 0.0404. The van der Waals surface area contributed by atoms with Crippen molar-refractivity contribution in [3.05, 3.63) is 92.0 Å². The molecule has 11 heteroatoms. The molecule has 0 aromatic heterocycles. The van der Waals surface area contributed by atoms with Gasteiger partial charge >= 0.3 is 0 Å². The van der Waals surface area contributed by atoms with E-state index in [0.29, 0.717) is 22.7 Å². The zero-order chi connectivity index (χ0) is 25.3. The summed E-state index contributed by atoms with van der Waals surface area (Å²) in [6.45, 7) is 0. The van der Waals surface area contributed by atoms with Crippen molar-refractivity contribution in [3.63, 3.8) is 0 Å². The van der Waals surface area contributed by atoms with Crippen molar-refractivity contribution in [2.24, 2.45) is 0 Å². The number of hydrogen-bond acceptors (Lipinski definition) is 5. The van der Waals surface area contributed by atoms with Crippen molar-refractivity contribution in [1.82, 2.24) is 0 Å². The van der Waals surface area contributed by atoms with E-state index in [2.05, 4.69) is 10.6 Å². The SMILES string of the molecule is COc1ccc(NC(=O)c2cccc(NC3=C(Cl)C(=O)N(c4cc(Cl)c(Cl)cc4Cl)C3=O)c2)cc1. The number of hydrogen-bond donors (Lipinski definition) is 2. The Kier molecular flexibility index (Phi) is 7.23. The van der Waals surface area contributed by atoms with Crippen LogP contribution in [0.3, 0.4) is 0 Å².